The molecule has 0 heterocycles. The topological polar surface area (TPSA) is 66.5 Å². The Labute approximate surface area is 123 Å². The summed E-state index contributed by atoms with van der Waals surface area (Å²) in [6, 6.07) is 2.31. The fourth-order valence-corrected chi connectivity index (χ4v) is 2.80. The lowest BCUT2D eigenvalue weighted by Gasteiger charge is -2.18. The molecule has 0 radical (unpaired) electrons. The summed E-state index contributed by atoms with van der Waals surface area (Å²) in [5.41, 5.74) is 0. The van der Waals surface area contributed by atoms with E-state index >= 15 is 0 Å². The van der Waals surface area contributed by atoms with Crippen molar-refractivity contribution in [2.24, 2.45) is 0 Å². The largest absolute Gasteiger partial charge is 0.343 e. The predicted octanol–water partition coefficient (Wildman–Crippen LogP) is 1.50. The molecular weight excluding hydrogens is 302 g/mol. The summed E-state index contributed by atoms with van der Waals surface area (Å²) in [6.07, 6.45) is 0.00455. The Morgan fingerprint density at radius 2 is 1.81 bits per heavy atom. The average molecular weight is 320 g/mol. The number of carbonyl (C=O) groups excluding carboxylic acids is 1. The molecule has 0 aromatic heterocycles. The molecule has 0 fully saturated rings. The zero-order valence-corrected chi connectivity index (χ0v) is 12.7. The van der Waals surface area contributed by atoms with Gasteiger partial charge in [0.25, 0.3) is 0 Å². The Kier molecular flexibility index (Phi) is 6.22. The molecule has 1 N–H and O–H groups in total. The maximum atomic E-state index is 13.0. The smallest absolute Gasteiger partial charge is 0.240 e. The molecule has 1 rings (SSSR count). The highest BCUT2D eigenvalue weighted by Gasteiger charge is 2.17. The number of rotatable bonds is 7. The molecule has 1 aromatic carbocycles. The van der Waals surface area contributed by atoms with Crippen molar-refractivity contribution >= 4 is 15.9 Å². The Bertz CT molecular complexity index is 601. The lowest BCUT2D eigenvalue weighted by molar-refractivity contribution is -0.130. The second kappa shape index (κ2) is 7.46. The quantitative estimate of drug-likeness (QED) is 0.828. The second-order valence-electron chi connectivity index (χ2n) is 4.29. The molecule has 0 spiro atoms. The fraction of sp³-hybridized carbons (Fsp3) is 0.462. The van der Waals surface area contributed by atoms with E-state index < -0.39 is 21.7 Å². The van der Waals surface area contributed by atoms with Crippen LogP contribution in [0.3, 0.4) is 0 Å². The number of benzene rings is 1. The predicted molar refractivity (Wildman–Crippen MR) is 74.1 cm³/mol. The van der Waals surface area contributed by atoms with Crippen LogP contribution in [-0.2, 0) is 14.8 Å². The molecule has 118 valence electrons. The zero-order chi connectivity index (χ0) is 16.0. The summed E-state index contributed by atoms with van der Waals surface area (Å²) in [4.78, 5) is 12.9. The van der Waals surface area contributed by atoms with Crippen LogP contribution in [0.4, 0.5) is 8.78 Å². The van der Waals surface area contributed by atoms with Gasteiger partial charge in [-0.05, 0) is 32.0 Å². The van der Waals surface area contributed by atoms with Crippen LogP contribution in [0, 0.1) is 11.6 Å². The SMILES string of the molecule is CCN(CC)C(=O)CCNS(=O)(=O)c1ccc(F)c(F)c1. The van der Waals surface area contributed by atoms with Crippen molar-refractivity contribution in [1.82, 2.24) is 9.62 Å². The number of sulfonamides is 1. The first-order chi connectivity index (χ1) is 9.81. The summed E-state index contributed by atoms with van der Waals surface area (Å²) in [7, 11) is -3.96. The van der Waals surface area contributed by atoms with Gasteiger partial charge in [-0.3, -0.25) is 4.79 Å². The summed E-state index contributed by atoms with van der Waals surface area (Å²) in [5, 5.41) is 0. The highest BCUT2D eigenvalue weighted by atomic mass is 32.2. The summed E-state index contributed by atoms with van der Waals surface area (Å²) < 4.78 is 51.7. The van der Waals surface area contributed by atoms with Crippen molar-refractivity contribution in [2.75, 3.05) is 19.6 Å². The Morgan fingerprint density at radius 1 is 1.19 bits per heavy atom. The van der Waals surface area contributed by atoms with E-state index in [0.29, 0.717) is 19.2 Å². The van der Waals surface area contributed by atoms with Gasteiger partial charge < -0.3 is 4.90 Å². The lowest BCUT2D eigenvalue weighted by Crippen LogP contribution is -2.34. The molecule has 8 heteroatoms. The van der Waals surface area contributed by atoms with E-state index in [4.69, 9.17) is 0 Å². The van der Waals surface area contributed by atoms with Gasteiger partial charge in [-0.2, -0.15) is 0 Å². The van der Waals surface area contributed by atoms with Crippen LogP contribution in [0.15, 0.2) is 23.1 Å². The third-order valence-electron chi connectivity index (χ3n) is 2.95. The Hall–Kier alpha value is -1.54. The number of nitrogens with one attached hydrogen (secondary N) is 1. The van der Waals surface area contributed by atoms with Gasteiger partial charge in [0.05, 0.1) is 4.90 Å². The second-order valence-corrected chi connectivity index (χ2v) is 6.06. The minimum Gasteiger partial charge on any atom is -0.343 e. The maximum absolute atomic E-state index is 13.0. The van der Waals surface area contributed by atoms with E-state index in [-0.39, 0.29) is 23.8 Å². The molecule has 0 saturated heterocycles. The Balaban J connectivity index is 2.65. The summed E-state index contributed by atoms with van der Waals surface area (Å²) in [5.74, 6) is -2.53. The molecule has 21 heavy (non-hydrogen) atoms. The average Bonchev–Trinajstić information content (AvgIpc) is 2.43. The summed E-state index contributed by atoms with van der Waals surface area (Å²) in [6.45, 7) is 4.65. The van der Waals surface area contributed by atoms with Crippen molar-refractivity contribution in [2.45, 2.75) is 25.2 Å². The molecule has 0 aliphatic rings. The van der Waals surface area contributed by atoms with E-state index in [1.807, 2.05) is 13.8 Å². The van der Waals surface area contributed by atoms with Gasteiger partial charge in [0.2, 0.25) is 15.9 Å². The van der Waals surface area contributed by atoms with Gasteiger partial charge in [0.1, 0.15) is 0 Å². The van der Waals surface area contributed by atoms with Crippen LogP contribution in [0.1, 0.15) is 20.3 Å². The molecular formula is C13H18F2N2O3S. The van der Waals surface area contributed by atoms with Crippen molar-refractivity contribution < 1.29 is 22.0 Å². The lowest BCUT2D eigenvalue weighted by atomic mass is 10.3. The molecule has 0 aliphatic carbocycles. The van der Waals surface area contributed by atoms with Crippen LogP contribution in [-0.4, -0.2) is 38.9 Å². The molecule has 0 bridgehead atoms. The van der Waals surface area contributed by atoms with Gasteiger partial charge in [0, 0.05) is 26.1 Å². The van der Waals surface area contributed by atoms with Gasteiger partial charge >= 0.3 is 0 Å². The monoisotopic (exact) mass is 320 g/mol. The number of nitrogens with zero attached hydrogens (tertiary/aromatic N) is 1. The normalized spacial score (nSPS) is 11.4. The van der Waals surface area contributed by atoms with Gasteiger partial charge in [-0.15, -0.1) is 0 Å². The molecule has 1 aromatic rings. The standard InChI is InChI=1S/C13H18F2N2O3S/c1-3-17(4-2)13(18)7-8-16-21(19,20)10-5-6-11(14)12(15)9-10/h5-6,9,16H,3-4,7-8H2,1-2H3. The first-order valence-corrected chi connectivity index (χ1v) is 8.02. The van der Waals surface area contributed by atoms with E-state index in [0.717, 1.165) is 12.1 Å². The van der Waals surface area contributed by atoms with Gasteiger partial charge in [-0.1, -0.05) is 0 Å². The van der Waals surface area contributed by atoms with Gasteiger partial charge in [0.15, 0.2) is 11.6 Å². The van der Waals surface area contributed by atoms with Crippen molar-refractivity contribution in [1.29, 1.82) is 0 Å². The van der Waals surface area contributed by atoms with Crippen LogP contribution < -0.4 is 4.72 Å². The van der Waals surface area contributed by atoms with Crippen LogP contribution in [0.2, 0.25) is 0 Å². The minimum absolute atomic E-state index is 0.00455. The number of halogens is 2. The number of hydrogen-bond acceptors (Lipinski definition) is 3. The molecule has 1 amide bonds. The number of carbonyl (C=O) groups is 1. The van der Waals surface area contributed by atoms with E-state index in [9.17, 15) is 22.0 Å². The summed E-state index contributed by atoms with van der Waals surface area (Å²) >= 11 is 0. The molecule has 5 nitrogen and oxygen atoms in total. The van der Waals surface area contributed by atoms with Crippen LogP contribution in [0.25, 0.3) is 0 Å². The highest BCUT2D eigenvalue weighted by Crippen LogP contribution is 2.13. The molecule has 0 saturated carbocycles. The van der Waals surface area contributed by atoms with Crippen LogP contribution >= 0.6 is 0 Å². The fourth-order valence-electron chi connectivity index (χ4n) is 1.75. The number of hydrogen-bond donors (Lipinski definition) is 1. The molecule has 0 aliphatic heterocycles. The maximum Gasteiger partial charge on any atom is 0.240 e. The first-order valence-electron chi connectivity index (χ1n) is 6.54. The van der Waals surface area contributed by atoms with E-state index in [2.05, 4.69) is 4.72 Å². The van der Waals surface area contributed by atoms with E-state index in [1.54, 1.807) is 4.90 Å². The van der Waals surface area contributed by atoms with Crippen molar-refractivity contribution in [3.63, 3.8) is 0 Å². The molecule has 0 unspecified atom stereocenters. The van der Waals surface area contributed by atoms with Crippen LogP contribution in [0.5, 0.6) is 0 Å². The highest BCUT2D eigenvalue weighted by molar-refractivity contribution is 7.89. The first kappa shape index (κ1) is 17.5. The minimum atomic E-state index is -3.96. The molecule has 0 atom stereocenters. The van der Waals surface area contributed by atoms with E-state index in [1.165, 1.54) is 0 Å². The number of amides is 1. The Morgan fingerprint density at radius 3 is 2.33 bits per heavy atom. The third kappa shape index (κ3) is 4.75. The van der Waals surface area contributed by atoms with Crippen molar-refractivity contribution in [3.05, 3.63) is 29.8 Å². The van der Waals surface area contributed by atoms with Crippen molar-refractivity contribution in [3.8, 4) is 0 Å². The third-order valence-corrected chi connectivity index (χ3v) is 4.41. The zero-order valence-electron chi connectivity index (χ0n) is 11.9. The van der Waals surface area contributed by atoms with Gasteiger partial charge in [-0.25, -0.2) is 21.9 Å².